The number of ether oxygens (including phenoxy) is 3. The van der Waals surface area contributed by atoms with Crippen LogP contribution in [0.2, 0.25) is 0 Å². The monoisotopic (exact) mass is 677 g/mol. The Balaban J connectivity index is 2.01. The van der Waals surface area contributed by atoms with E-state index in [-0.39, 0.29) is 11.4 Å². The average Bonchev–Trinajstić information content (AvgIpc) is 2.93. The smallest absolute Gasteiger partial charge is 0.416 e. The van der Waals surface area contributed by atoms with Gasteiger partial charge in [-0.2, -0.15) is 26.3 Å². The number of carboxylic acids is 1. The number of hydrogen-bond acceptors (Lipinski definition) is 7. The molecule has 0 saturated carbocycles. The van der Waals surface area contributed by atoms with Gasteiger partial charge in [-0.1, -0.05) is 28.1 Å². The number of hydrogen-bond donors (Lipinski definition) is 2. The van der Waals surface area contributed by atoms with Gasteiger partial charge < -0.3 is 24.6 Å². The summed E-state index contributed by atoms with van der Waals surface area (Å²) in [6.45, 7) is 0. The Labute approximate surface area is 246 Å². The van der Waals surface area contributed by atoms with E-state index in [2.05, 4.69) is 21.2 Å². The highest BCUT2D eigenvalue weighted by atomic mass is 79.9. The van der Waals surface area contributed by atoms with Gasteiger partial charge in [0.25, 0.3) is 5.91 Å². The van der Waals surface area contributed by atoms with Crippen molar-refractivity contribution in [1.82, 2.24) is 0 Å². The van der Waals surface area contributed by atoms with E-state index in [1.807, 2.05) is 0 Å². The van der Waals surface area contributed by atoms with Crippen LogP contribution in [0.4, 0.5) is 32.0 Å². The molecule has 3 rings (SSSR count). The lowest BCUT2D eigenvalue weighted by molar-refractivity contribution is -0.157. The second kappa shape index (κ2) is 13.1. The third kappa shape index (κ3) is 8.47. The molecule has 2 N–H and O–H groups in total. The van der Waals surface area contributed by atoms with Crippen molar-refractivity contribution in [3.63, 3.8) is 0 Å². The molecule has 3 aromatic carbocycles. The second-order valence-corrected chi connectivity index (χ2v) is 9.40. The Kier molecular flexibility index (Phi) is 10.1. The zero-order chi connectivity index (χ0) is 32.1. The van der Waals surface area contributed by atoms with E-state index in [4.69, 9.17) is 14.2 Å². The molecule has 0 aliphatic carbocycles. The number of alkyl halides is 6. The zero-order valence-electron chi connectivity index (χ0n) is 21.5. The standard InChI is InChI=1S/C27H18BrF6NO8/c1-41-19-9-8-17(28)12-18(19)35-22(36)20(42-24(39)13-4-2-6-15(10-13)26(29,30)31)21(23(37)38)43-25(40)14-5-3-7-16(11-14)27(32,33)34/h2-12,20-21H,1H3,(H,35,36)(H,37,38)/t20-,21-/m1/s1. The molecular formula is C27H18BrF6NO8. The Morgan fingerprint density at radius 2 is 1.26 bits per heavy atom. The molecule has 0 aliphatic heterocycles. The Morgan fingerprint density at radius 1 is 0.767 bits per heavy atom. The van der Waals surface area contributed by atoms with Crippen LogP contribution in [0.1, 0.15) is 31.8 Å². The van der Waals surface area contributed by atoms with E-state index in [0.717, 1.165) is 24.3 Å². The van der Waals surface area contributed by atoms with E-state index in [9.17, 15) is 50.6 Å². The summed E-state index contributed by atoms with van der Waals surface area (Å²) in [6.07, 6.45) is -15.0. The Bertz CT molecular complexity index is 1540. The van der Waals surface area contributed by atoms with Gasteiger partial charge in [-0.15, -0.1) is 0 Å². The fraction of sp³-hybridized carbons (Fsp3) is 0.185. The number of nitrogens with one attached hydrogen (secondary N) is 1. The van der Waals surface area contributed by atoms with E-state index in [1.165, 1.54) is 25.3 Å². The predicted molar refractivity (Wildman–Crippen MR) is 138 cm³/mol. The van der Waals surface area contributed by atoms with Crippen LogP contribution in [-0.2, 0) is 31.4 Å². The summed E-state index contributed by atoms with van der Waals surface area (Å²) in [6, 6.07) is 9.63. The topological polar surface area (TPSA) is 128 Å². The van der Waals surface area contributed by atoms with Crippen molar-refractivity contribution in [3.8, 4) is 5.75 Å². The van der Waals surface area contributed by atoms with E-state index < -0.39 is 70.6 Å². The van der Waals surface area contributed by atoms with Crippen molar-refractivity contribution < 1.29 is 64.8 Å². The number of carbonyl (C=O) groups excluding carboxylic acids is 3. The van der Waals surface area contributed by atoms with E-state index >= 15 is 0 Å². The molecule has 0 saturated heterocycles. The lowest BCUT2D eigenvalue weighted by atomic mass is 10.1. The minimum absolute atomic E-state index is 0.0346. The summed E-state index contributed by atoms with van der Waals surface area (Å²) in [5.74, 6) is -6.76. The number of anilines is 1. The van der Waals surface area contributed by atoms with Crippen LogP contribution in [0.3, 0.4) is 0 Å². The normalized spacial score (nSPS) is 12.9. The fourth-order valence-electron chi connectivity index (χ4n) is 3.49. The van der Waals surface area contributed by atoms with Gasteiger partial charge in [0, 0.05) is 4.47 Å². The number of esters is 2. The van der Waals surface area contributed by atoms with E-state index in [1.54, 1.807) is 0 Å². The van der Waals surface area contributed by atoms with Crippen LogP contribution >= 0.6 is 15.9 Å². The third-order valence-corrected chi connectivity index (χ3v) is 6.01. The van der Waals surface area contributed by atoms with Gasteiger partial charge in [0.15, 0.2) is 0 Å². The number of benzene rings is 3. The molecule has 1 amide bonds. The molecule has 3 aromatic rings. The highest BCUT2D eigenvalue weighted by molar-refractivity contribution is 9.10. The second-order valence-electron chi connectivity index (χ2n) is 8.48. The number of aliphatic carboxylic acids is 1. The Morgan fingerprint density at radius 3 is 1.70 bits per heavy atom. The van der Waals surface area contributed by atoms with Crippen molar-refractivity contribution in [2.24, 2.45) is 0 Å². The van der Waals surface area contributed by atoms with Crippen molar-refractivity contribution in [3.05, 3.63) is 93.5 Å². The number of amides is 1. The number of rotatable bonds is 9. The van der Waals surface area contributed by atoms with Gasteiger partial charge in [0.05, 0.1) is 35.1 Å². The van der Waals surface area contributed by atoms with Crippen molar-refractivity contribution >= 4 is 45.4 Å². The van der Waals surface area contributed by atoms with Crippen LogP contribution in [0.25, 0.3) is 0 Å². The zero-order valence-corrected chi connectivity index (χ0v) is 23.0. The number of carbonyl (C=O) groups is 4. The molecule has 0 aliphatic rings. The molecule has 0 fully saturated rings. The van der Waals surface area contributed by atoms with Gasteiger partial charge in [-0.25, -0.2) is 14.4 Å². The first-order valence-corrected chi connectivity index (χ1v) is 12.4. The lowest BCUT2D eigenvalue weighted by Gasteiger charge is -2.24. The summed E-state index contributed by atoms with van der Waals surface area (Å²) in [5, 5.41) is 12.0. The molecule has 0 spiro atoms. The molecule has 16 heteroatoms. The lowest BCUT2D eigenvalue weighted by Crippen LogP contribution is -2.48. The van der Waals surface area contributed by atoms with Gasteiger partial charge in [-0.05, 0) is 54.6 Å². The van der Waals surface area contributed by atoms with Crippen molar-refractivity contribution in [1.29, 1.82) is 0 Å². The SMILES string of the molecule is COc1ccc(Br)cc1NC(=O)[C@H](OC(=O)c1cccc(C(F)(F)F)c1)[C@@H](OC(=O)c1cccc(C(F)(F)F)c1)C(=O)O. The number of methoxy groups -OCH3 is 1. The van der Waals surface area contributed by atoms with Gasteiger partial charge in [0.2, 0.25) is 12.2 Å². The van der Waals surface area contributed by atoms with Gasteiger partial charge in [0.1, 0.15) is 5.75 Å². The highest BCUT2D eigenvalue weighted by Gasteiger charge is 2.42. The first-order valence-electron chi connectivity index (χ1n) is 11.6. The molecule has 0 heterocycles. The maximum absolute atomic E-state index is 13.3. The average molecular weight is 678 g/mol. The molecular weight excluding hydrogens is 660 g/mol. The maximum atomic E-state index is 13.3. The predicted octanol–water partition coefficient (Wildman–Crippen LogP) is 5.97. The van der Waals surface area contributed by atoms with Crippen LogP contribution in [0.5, 0.6) is 5.75 Å². The minimum atomic E-state index is -4.88. The summed E-state index contributed by atoms with van der Waals surface area (Å²) < 4.78 is 94.2. The number of carboxylic acid groups (broad SMARTS) is 1. The van der Waals surface area contributed by atoms with Crippen molar-refractivity contribution in [2.45, 2.75) is 24.6 Å². The molecule has 43 heavy (non-hydrogen) atoms. The first-order chi connectivity index (χ1) is 20.0. The van der Waals surface area contributed by atoms with Crippen LogP contribution in [0.15, 0.2) is 71.2 Å². The summed E-state index contributed by atoms with van der Waals surface area (Å²) in [7, 11) is 1.22. The molecule has 2 atom stereocenters. The minimum Gasteiger partial charge on any atom is -0.495 e. The van der Waals surface area contributed by atoms with Crippen LogP contribution < -0.4 is 10.1 Å². The fourth-order valence-corrected chi connectivity index (χ4v) is 3.85. The highest BCUT2D eigenvalue weighted by Crippen LogP contribution is 2.32. The van der Waals surface area contributed by atoms with Crippen LogP contribution in [0, 0.1) is 0 Å². The third-order valence-electron chi connectivity index (χ3n) is 5.52. The van der Waals surface area contributed by atoms with Crippen molar-refractivity contribution in [2.75, 3.05) is 12.4 Å². The quantitative estimate of drug-likeness (QED) is 0.210. The number of halogens is 7. The summed E-state index contributed by atoms with van der Waals surface area (Å²) in [4.78, 5) is 51.0. The summed E-state index contributed by atoms with van der Waals surface area (Å²) >= 11 is 3.15. The van der Waals surface area contributed by atoms with Gasteiger partial charge in [-0.3, -0.25) is 4.79 Å². The molecule has 0 bridgehead atoms. The molecule has 0 radical (unpaired) electrons. The molecule has 0 unspecified atom stereocenters. The maximum Gasteiger partial charge on any atom is 0.416 e. The Hall–Kier alpha value is -4.60. The summed E-state index contributed by atoms with van der Waals surface area (Å²) in [5.41, 5.74) is -4.16. The van der Waals surface area contributed by atoms with Gasteiger partial charge >= 0.3 is 30.3 Å². The molecule has 0 aromatic heterocycles. The molecule has 9 nitrogen and oxygen atoms in total. The van der Waals surface area contributed by atoms with Crippen LogP contribution in [-0.4, -0.2) is 48.2 Å². The largest absolute Gasteiger partial charge is 0.495 e. The van der Waals surface area contributed by atoms with E-state index in [0.29, 0.717) is 28.7 Å². The molecule has 228 valence electrons. The first kappa shape index (κ1) is 32.9.